The second-order valence-electron chi connectivity index (χ2n) is 19.5. The van der Waals surface area contributed by atoms with Crippen LogP contribution in [-0.2, 0) is 0 Å². The fourth-order valence-corrected chi connectivity index (χ4v) is 12.3. The van der Waals surface area contributed by atoms with Gasteiger partial charge < -0.3 is 8.98 Å². The van der Waals surface area contributed by atoms with E-state index in [1.807, 2.05) is 0 Å². The van der Waals surface area contributed by atoms with E-state index in [1.165, 1.54) is 179 Å². The van der Waals surface area contributed by atoms with E-state index in [-0.39, 0.29) is 0 Å². The number of hydrogen-bond acceptors (Lipinski definition) is 1. The van der Waals surface area contributed by atoms with E-state index in [2.05, 4.69) is 146 Å². The number of fused-ring (bicyclic) bond motifs is 6. The fourth-order valence-electron chi connectivity index (χ4n) is 12.3. The van der Waals surface area contributed by atoms with Crippen LogP contribution in [0.3, 0.4) is 0 Å². The molecule has 11 rings (SSSR count). The van der Waals surface area contributed by atoms with Gasteiger partial charge in [0.15, 0.2) is 0 Å². The first kappa shape index (κ1) is 39.5. The number of para-hydroxylation sites is 2. The molecule has 2 aromatic heterocycles. The van der Waals surface area contributed by atoms with Crippen LogP contribution in [-0.4, -0.2) is 4.57 Å². The Kier molecular flexibility index (Phi) is 10.9. The molecule has 0 saturated heterocycles. The second-order valence-corrected chi connectivity index (χ2v) is 19.5. The van der Waals surface area contributed by atoms with Gasteiger partial charge >= 0.3 is 0 Å². The standard InChI is InChI=1S/C60H63NO/c1-3-41(33-40(2)42-19-7-4-8-20-42)49-36-53(47-27-17-25-45(34-47)43-21-9-5-10-22-43)59-55(37-49)56-39-50(61-57-31-15-13-29-51(57)52-30-14-16-32-58(52)61)38-54(60(56)62-59)48-28-18-26-46(35-48)44-23-11-6-12-24-44/h3,13-18,26-39,42-45H,4-12,19-25H2,1-2H3/b40-33+,41-3+. The Morgan fingerprint density at radius 1 is 0.629 bits per heavy atom. The summed E-state index contributed by atoms with van der Waals surface area (Å²) in [5, 5.41) is 4.96. The molecule has 62 heavy (non-hydrogen) atoms. The number of furan rings is 1. The van der Waals surface area contributed by atoms with E-state index in [9.17, 15) is 0 Å². The Hall–Kier alpha value is -5.34. The predicted molar refractivity (Wildman–Crippen MR) is 265 cm³/mol. The zero-order valence-electron chi connectivity index (χ0n) is 37.1. The molecule has 314 valence electrons. The molecule has 4 aliphatic rings. The molecule has 3 fully saturated rings. The molecule has 0 N–H and O–H groups in total. The summed E-state index contributed by atoms with van der Waals surface area (Å²) in [7, 11) is 0. The second kappa shape index (κ2) is 17.1. The average molecular weight is 814 g/mol. The predicted octanol–water partition coefficient (Wildman–Crippen LogP) is 17.9. The van der Waals surface area contributed by atoms with E-state index >= 15 is 0 Å². The highest BCUT2D eigenvalue weighted by Gasteiger charge is 2.27. The smallest absolute Gasteiger partial charge is 0.143 e. The number of benzene rings is 5. The van der Waals surface area contributed by atoms with E-state index in [1.54, 1.807) is 0 Å². The molecule has 2 nitrogen and oxygen atoms in total. The highest BCUT2D eigenvalue weighted by atomic mass is 16.3. The molecule has 2 heterocycles. The molecule has 7 aromatic rings. The maximum absolute atomic E-state index is 7.46. The molecule has 2 heteroatoms. The zero-order chi connectivity index (χ0) is 41.6. The molecular formula is C60H63NO. The first-order valence-corrected chi connectivity index (χ1v) is 24.5. The molecule has 5 aromatic carbocycles. The van der Waals surface area contributed by atoms with Gasteiger partial charge in [0.25, 0.3) is 0 Å². The third kappa shape index (κ3) is 7.32. The molecule has 4 aliphatic carbocycles. The van der Waals surface area contributed by atoms with Crippen LogP contribution in [0.2, 0.25) is 0 Å². The molecule has 1 atom stereocenters. The van der Waals surface area contributed by atoms with Crippen LogP contribution >= 0.6 is 0 Å². The number of hydrogen-bond donors (Lipinski definition) is 0. The van der Waals surface area contributed by atoms with Gasteiger partial charge in [-0.3, -0.25) is 0 Å². The third-order valence-electron chi connectivity index (χ3n) is 15.7. The number of nitrogens with zero attached hydrogens (tertiary/aromatic N) is 1. The normalized spacial score (nSPS) is 20.2. The van der Waals surface area contributed by atoms with Crippen molar-refractivity contribution < 1.29 is 4.42 Å². The zero-order valence-corrected chi connectivity index (χ0v) is 37.1. The van der Waals surface area contributed by atoms with Crippen LogP contribution in [0.5, 0.6) is 0 Å². The number of allylic oxidation sites excluding steroid dienone is 8. The van der Waals surface area contributed by atoms with E-state index in [4.69, 9.17) is 4.42 Å². The minimum absolute atomic E-state index is 0.577. The van der Waals surface area contributed by atoms with Crippen molar-refractivity contribution in [1.82, 2.24) is 4.57 Å². The molecule has 0 radical (unpaired) electrons. The molecule has 0 aliphatic heterocycles. The molecule has 0 amide bonds. The number of aromatic nitrogens is 1. The van der Waals surface area contributed by atoms with Gasteiger partial charge in [-0.1, -0.05) is 154 Å². The summed E-state index contributed by atoms with van der Waals surface area (Å²) in [6, 6.07) is 37.2. The van der Waals surface area contributed by atoms with Crippen molar-refractivity contribution in [3.8, 4) is 16.8 Å². The molecule has 0 spiro atoms. The van der Waals surface area contributed by atoms with Gasteiger partial charge in [0.05, 0.1) is 11.0 Å². The van der Waals surface area contributed by atoms with E-state index < -0.39 is 0 Å². The van der Waals surface area contributed by atoms with Gasteiger partial charge in [-0.05, 0) is 147 Å². The van der Waals surface area contributed by atoms with Crippen molar-refractivity contribution in [3.63, 3.8) is 0 Å². The third-order valence-corrected chi connectivity index (χ3v) is 15.7. The molecule has 3 saturated carbocycles. The Morgan fingerprint density at radius 2 is 1.29 bits per heavy atom. The van der Waals surface area contributed by atoms with Crippen molar-refractivity contribution in [2.75, 3.05) is 0 Å². The summed E-state index contributed by atoms with van der Waals surface area (Å²) < 4.78 is 9.96. The van der Waals surface area contributed by atoms with Crippen molar-refractivity contribution in [2.24, 2.45) is 17.8 Å². The van der Waals surface area contributed by atoms with Crippen molar-refractivity contribution in [1.29, 1.82) is 0 Å². The first-order chi connectivity index (χ1) is 30.6. The van der Waals surface area contributed by atoms with Crippen LogP contribution in [0.15, 0.2) is 137 Å². The van der Waals surface area contributed by atoms with Gasteiger partial charge in [-0.25, -0.2) is 0 Å². The summed E-state index contributed by atoms with van der Waals surface area (Å²) >= 11 is 0. The Balaban J connectivity index is 1.18. The summed E-state index contributed by atoms with van der Waals surface area (Å²) in [6.45, 7) is 4.62. The lowest BCUT2D eigenvalue weighted by atomic mass is 9.75. The monoisotopic (exact) mass is 813 g/mol. The maximum atomic E-state index is 7.46. The van der Waals surface area contributed by atoms with Crippen LogP contribution in [0, 0.1) is 17.8 Å². The average Bonchev–Trinajstić information content (AvgIpc) is 3.89. The lowest BCUT2D eigenvalue weighted by molar-refractivity contribution is 0.286. The Bertz CT molecular complexity index is 2850. The van der Waals surface area contributed by atoms with E-state index in [0.717, 1.165) is 23.5 Å². The van der Waals surface area contributed by atoms with Crippen LogP contribution < -0.4 is 0 Å². The van der Waals surface area contributed by atoms with Gasteiger partial charge in [0, 0.05) is 38.4 Å². The van der Waals surface area contributed by atoms with Crippen molar-refractivity contribution in [2.45, 2.75) is 122 Å². The SMILES string of the molecule is C/C=C(\C=C(/C)C1CCCCC1)c1cc(C2=CC(C3CCCCC3)CC=C2)c2oc3c(-c4cccc(C5CCCCC5)c4)cc(-n4c5ccccc5c5ccccc54)cc3c2c1. The Labute approximate surface area is 369 Å². The largest absolute Gasteiger partial charge is 0.455 e. The van der Waals surface area contributed by atoms with Gasteiger partial charge in [-0.2, -0.15) is 0 Å². The highest BCUT2D eigenvalue weighted by Crippen LogP contribution is 2.46. The highest BCUT2D eigenvalue weighted by molar-refractivity contribution is 6.15. The topological polar surface area (TPSA) is 18.1 Å². The lowest BCUT2D eigenvalue weighted by Crippen LogP contribution is -2.17. The first-order valence-electron chi connectivity index (χ1n) is 24.5. The van der Waals surface area contributed by atoms with Crippen molar-refractivity contribution in [3.05, 3.63) is 150 Å². The summed E-state index contributed by atoms with van der Waals surface area (Å²) in [5.74, 6) is 2.64. The minimum Gasteiger partial charge on any atom is -0.455 e. The summed E-state index contributed by atoms with van der Waals surface area (Å²) in [6.07, 6.45) is 33.6. The molecule has 1 unspecified atom stereocenters. The number of rotatable bonds is 8. The lowest BCUT2D eigenvalue weighted by Gasteiger charge is -2.29. The van der Waals surface area contributed by atoms with Gasteiger partial charge in [0.2, 0.25) is 0 Å². The molecular weight excluding hydrogens is 751 g/mol. The van der Waals surface area contributed by atoms with E-state index in [0.29, 0.717) is 17.8 Å². The quantitative estimate of drug-likeness (QED) is 0.140. The van der Waals surface area contributed by atoms with Crippen LogP contribution in [0.25, 0.3) is 71.7 Å². The van der Waals surface area contributed by atoms with Crippen LogP contribution in [0.4, 0.5) is 0 Å². The van der Waals surface area contributed by atoms with Gasteiger partial charge in [-0.15, -0.1) is 0 Å². The van der Waals surface area contributed by atoms with Crippen LogP contribution in [0.1, 0.15) is 139 Å². The maximum Gasteiger partial charge on any atom is 0.143 e. The van der Waals surface area contributed by atoms with Crippen molar-refractivity contribution >= 4 is 54.9 Å². The Morgan fingerprint density at radius 3 is 2.02 bits per heavy atom. The van der Waals surface area contributed by atoms with Gasteiger partial charge in [0.1, 0.15) is 11.2 Å². The summed E-state index contributed by atoms with van der Waals surface area (Å²) in [4.78, 5) is 0. The summed E-state index contributed by atoms with van der Waals surface area (Å²) in [5.41, 5.74) is 16.2. The molecule has 0 bridgehead atoms. The minimum atomic E-state index is 0.577. The fraction of sp³-hybridized carbons (Fsp3) is 0.367.